The van der Waals surface area contributed by atoms with E-state index in [1.165, 1.54) is 4.90 Å². The van der Waals surface area contributed by atoms with E-state index in [2.05, 4.69) is 4.90 Å². The van der Waals surface area contributed by atoms with Crippen LogP contribution in [0, 0.1) is 0 Å². The van der Waals surface area contributed by atoms with E-state index < -0.39 is 17.2 Å². The maximum absolute atomic E-state index is 13.7. The van der Waals surface area contributed by atoms with E-state index >= 15 is 0 Å². The van der Waals surface area contributed by atoms with Crippen molar-refractivity contribution in [3.63, 3.8) is 0 Å². The maximum Gasteiger partial charge on any atom is 0.407 e. The fourth-order valence-corrected chi connectivity index (χ4v) is 4.69. The van der Waals surface area contributed by atoms with Crippen molar-refractivity contribution in [2.75, 3.05) is 24.7 Å². The molecule has 2 amide bonds. The van der Waals surface area contributed by atoms with Gasteiger partial charge in [0, 0.05) is 25.3 Å². The lowest BCUT2D eigenvalue weighted by atomic mass is 9.85. The minimum absolute atomic E-state index is 0.0117. The van der Waals surface area contributed by atoms with Crippen molar-refractivity contribution in [2.24, 2.45) is 0 Å². The molecule has 2 aliphatic rings. The Bertz CT molecular complexity index is 1050. The third-order valence-electron chi connectivity index (χ3n) is 6.41. The first kappa shape index (κ1) is 23.6. The first-order valence-corrected chi connectivity index (χ1v) is 11.5. The minimum atomic E-state index is -0.950. The molecule has 4 rings (SSSR count). The van der Waals surface area contributed by atoms with Gasteiger partial charge in [0.2, 0.25) is 5.91 Å². The number of hydrogen-bond donors (Lipinski definition) is 1. The van der Waals surface area contributed by atoms with Crippen molar-refractivity contribution in [2.45, 2.75) is 51.3 Å². The smallest absolute Gasteiger partial charge is 0.407 e. The molecule has 8 nitrogen and oxygen atoms in total. The number of amides is 2. The number of nitrogens with zero attached hydrogens (tertiary/aromatic N) is 3. The topological polar surface area (TPSA) is 90.4 Å². The molecule has 0 atom stereocenters. The normalized spacial score (nSPS) is 17.9. The van der Waals surface area contributed by atoms with Crippen molar-refractivity contribution in [1.29, 1.82) is 0 Å². The summed E-state index contributed by atoms with van der Waals surface area (Å²) in [6.07, 6.45) is -0.0594. The number of carbonyl (C=O) groups is 3. The van der Waals surface area contributed by atoms with Crippen LogP contribution in [0.15, 0.2) is 54.6 Å². The molecule has 2 heterocycles. The highest BCUT2D eigenvalue weighted by Crippen LogP contribution is 2.40. The molecule has 0 aromatic heterocycles. The average Bonchev–Trinajstić information content (AvgIpc) is 3.05. The molecule has 0 bridgehead atoms. The van der Waals surface area contributed by atoms with Crippen LogP contribution in [0.4, 0.5) is 10.5 Å². The highest BCUT2D eigenvalue weighted by atomic mass is 16.6. The number of hydrogen-bond acceptors (Lipinski definition) is 5. The van der Waals surface area contributed by atoms with Crippen molar-refractivity contribution in [1.82, 2.24) is 9.80 Å². The molecular formula is C26H31N3O5. The zero-order valence-electron chi connectivity index (χ0n) is 19.9. The monoisotopic (exact) mass is 465 g/mol. The molecule has 1 N–H and O–H groups in total. The zero-order valence-corrected chi connectivity index (χ0v) is 19.9. The van der Waals surface area contributed by atoms with Gasteiger partial charge in [-0.05, 0) is 63.4 Å². The number of piperidine rings is 1. The largest absolute Gasteiger partial charge is 0.465 e. The second-order valence-corrected chi connectivity index (χ2v) is 9.91. The summed E-state index contributed by atoms with van der Waals surface area (Å²) in [6.45, 7) is 6.95. The Labute approximate surface area is 199 Å². The van der Waals surface area contributed by atoms with Gasteiger partial charge in [-0.2, -0.15) is 0 Å². The predicted molar refractivity (Wildman–Crippen MR) is 128 cm³/mol. The van der Waals surface area contributed by atoms with E-state index in [0.29, 0.717) is 44.7 Å². The van der Waals surface area contributed by atoms with Crippen LogP contribution in [0.3, 0.4) is 0 Å². The minimum Gasteiger partial charge on any atom is -0.465 e. The predicted octanol–water partition coefficient (Wildman–Crippen LogP) is 3.96. The molecule has 0 radical (unpaired) electrons. The third-order valence-corrected chi connectivity index (χ3v) is 6.41. The molecule has 8 heteroatoms. The zero-order chi connectivity index (χ0) is 24.5. The number of carbonyl (C=O) groups excluding carboxylic acids is 2. The van der Waals surface area contributed by atoms with Crippen LogP contribution >= 0.6 is 0 Å². The standard InChI is InChI=1S/C26H31N3O5/c1-25(2,3)34-22(30)20-11-9-19(10-12-20)17-28-18-29(21-7-5-4-6-8-21)26(23(28)31)13-15-27(16-14-26)24(32)33/h4-12H,13-18H2,1-3H3,(H,32,33). The number of anilines is 1. The Morgan fingerprint density at radius 2 is 1.62 bits per heavy atom. The highest BCUT2D eigenvalue weighted by Gasteiger charge is 2.54. The summed E-state index contributed by atoms with van der Waals surface area (Å²) in [5.41, 5.74) is 0.998. The van der Waals surface area contributed by atoms with Crippen molar-refractivity contribution in [3.8, 4) is 0 Å². The van der Waals surface area contributed by atoms with Crippen LogP contribution in [-0.4, -0.2) is 63.8 Å². The molecule has 180 valence electrons. The Morgan fingerprint density at radius 3 is 2.18 bits per heavy atom. The number of rotatable bonds is 4. The third kappa shape index (κ3) is 4.71. The fraction of sp³-hybridized carbons (Fsp3) is 0.423. The molecule has 1 spiro atoms. The molecule has 34 heavy (non-hydrogen) atoms. The lowest BCUT2D eigenvalue weighted by molar-refractivity contribution is -0.134. The summed E-state index contributed by atoms with van der Waals surface area (Å²) in [5, 5.41) is 9.37. The Balaban J connectivity index is 1.54. The molecule has 2 saturated heterocycles. The summed E-state index contributed by atoms with van der Waals surface area (Å²) in [7, 11) is 0. The fourth-order valence-electron chi connectivity index (χ4n) is 4.69. The molecule has 0 unspecified atom stereocenters. The van der Waals surface area contributed by atoms with E-state index in [4.69, 9.17) is 4.74 Å². The molecule has 2 fully saturated rings. The Hall–Kier alpha value is -3.55. The molecule has 2 aromatic carbocycles. The summed E-state index contributed by atoms with van der Waals surface area (Å²) in [5.74, 6) is -0.367. The number of carboxylic acid groups (broad SMARTS) is 1. The van der Waals surface area contributed by atoms with Crippen LogP contribution in [0.2, 0.25) is 0 Å². The van der Waals surface area contributed by atoms with E-state index in [9.17, 15) is 19.5 Å². The first-order valence-electron chi connectivity index (χ1n) is 11.5. The molecule has 2 aromatic rings. The summed E-state index contributed by atoms with van der Waals surface area (Å²) in [6, 6.07) is 16.9. The van der Waals surface area contributed by atoms with Crippen LogP contribution in [0.1, 0.15) is 49.5 Å². The van der Waals surface area contributed by atoms with Crippen LogP contribution in [0.25, 0.3) is 0 Å². The maximum atomic E-state index is 13.7. The lowest BCUT2D eigenvalue weighted by Crippen LogP contribution is -2.57. The molecule has 0 aliphatic carbocycles. The average molecular weight is 466 g/mol. The van der Waals surface area contributed by atoms with Gasteiger partial charge in [-0.3, -0.25) is 4.79 Å². The van der Waals surface area contributed by atoms with Gasteiger partial charge in [0.25, 0.3) is 0 Å². The SMILES string of the molecule is CC(C)(C)OC(=O)c1ccc(CN2CN(c3ccccc3)C3(CCN(C(=O)O)CC3)C2=O)cc1. The van der Waals surface area contributed by atoms with Crippen LogP contribution in [0.5, 0.6) is 0 Å². The van der Waals surface area contributed by atoms with Crippen molar-refractivity contribution < 1.29 is 24.2 Å². The molecule has 2 aliphatic heterocycles. The van der Waals surface area contributed by atoms with Gasteiger partial charge in [-0.1, -0.05) is 30.3 Å². The number of benzene rings is 2. The van der Waals surface area contributed by atoms with E-state index in [1.54, 1.807) is 12.1 Å². The second kappa shape index (κ2) is 9.00. The van der Waals surface area contributed by atoms with Gasteiger partial charge in [-0.25, -0.2) is 9.59 Å². The van der Waals surface area contributed by atoms with Gasteiger partial charge in [0.1, 0.15) is 11.1 Å². The first-order chi connectivity index (χ1) is 16.1. The number of likely N-dealkylation sites (tertiary alicyclic amines) is 1. The van der Waals surface area contributed by atoms with Crippen LogP contribution in [-0.2, 0) is 16.1 Å². The van der Waals surface area contributed by atoms with Gasteiger partial charge < -0.3 is 24.5 Å². The number of esters is 1. The van der Waals surface area contributed by atoms with Gasteiger partial charge in [0.15, 0.2) is 0 Å². The van der Waals surface area contributed by atoms with Crippen molar-refractivity contribution >= 4 is 23.7 Å². The number of para-hydroxylation sites is 1. The highest BCUT2D eigenvalue weighted by molar-refractivity contribution is 5.94. The molecular weight excluding hydrogens is 434 g/mol. The second-order valence-electron chi connectivity index (χ2n) is 9.91. The van der Waals surface area contributed by atoms with Crippen LogP contribution < -0.4 is 4.90 Å². The van der Waals surface area contributed by atoms with E-state index in [-0.39, 0.29) is 11.9 Å². The Morgan fingerprint density at radius 1 is 1.00 bits per heavy atom. The van der Waals surface area contributed by atoms with E-state index in [1.807, 2.05) is 68.1 Å². The van der Waals surface area contributed by atoms with E-state index in [0.717, 1.165) is 11.3 Å². The quantitative estimate of drug-likeness (QED) is 0.688. The molecule has 0 saturated carbocycles. The van der Waals surface area contributed by atoms with Gasteiger partial charge >= 0.3 is 12.1 Å². The number of ether oxygens (including phenoxy) is 1. The summed E-state index contributed by atoms with van der Waals surface area (Å²) in [4.78, 5) is 42.8. The Kier molecular flexibility index (Phi) is 6.25. The lowest BCUT2D eigenvalue weighted by Gasteiger charge is -2.42. The summed E-state index contributed by atoms with van der Waals surface area (Å²) >= 11 is 0. The van der Waals surface area contributed by atoms with Crippen molar-refractivity contribution in [3.05, 3.63) is 65.7 Å². The summed E-state index contributed by atoms with van der Waals surface area (Å²) < 4.78 is 5.42. The van der Waals surface area contributed by atoms with Gasteiger partial charge in [-0.15, -0.1) is 0 Å². The van der Waals surface area contributed by atoms with Gasteiger partial charge in [0.05, 0.1) is 12.2 Å².